The Balaban J connectivity index is 1.60. The van der Waals surface area contributed by atoms with Crippen molar-refractivity contribution in [1.29, 1.82) is 0 Å². The van der Waals surface area contributed by atoms with Gasteiger partial charge in [-0.25, -0.2) is 0 Å². The maximum Gasteiger partial charge on any atom is 0.339 e. The molecule has 0 radical (unpaired) electrons. The molecule has 0 fully saturated rings. The highest BCUT2D eigenvalue weighted by Crippen LogP contribution is 2.35. The van der Waals surface area contributed by atoms with E-state index >= 15 is 0 Å². The highest BCUT2D eigenvalue weighted by molar-refractivity contribution is 7.87. The molecule has 146 valence electrons. The number of ether oxygens (including phenoxy) is 2. The number of hydrogen-bond acceptors (Lipinski definition) is 6. The molecule has 3 aromatic carbocycles. The Bertz CT molecular complexity index is 1210. The summed E-state index contributed by atoms with van der Waals surface area (Å²) in [5.41, 5.74) is 1.08. The Kier molecular flexibility index (Phi) is 4.82. The molecule has 4 rings (SSSR count). The van der Waals surface area contributed by atoms with Crippen LogP contribution in [0.15, 0.2) is 83.5 Å². The fourth-order valence-electron chi connectivity index (χ4n) is 2.86. The SMILES string of the molecule is COc1cccc(C=C2Oc3cc(OS(=O)(=O)c4ccccc4)ccc3C2=O)c1. The fourth-order valence-corrected chi connectivity index (χ4v) is 3.81. The Hall–Kier alpha value is -3.58. The number of carbonyl (C=O) groups excluding carboxylic acids is 1. The van der Waals surface area contributed by atoms with Gasteiger partial charge in [-0.15, -0.1) is 0 Å². The molecule has 0 bridgehead atoms. The van der Waals surface area contributed by atoms with E-state index < -0.39 is 10.1 Å². The predicted molar refractivity (Wildman–Crippen MR) is 107 cm³/mol. The van der Waals surface area contributed by atoms with Gasteiger partial charge in [-0.2, -0.15) is 8.42 Å². The van der Waals surface area contributed by atoms with E-state index in [9.17, 15) is 13.2 Å². The molecule has 0 atom stereocenters. The van der Waals surface area contributed by atoms with Crippen molar-refractivity contribution in [2.75, 3.05) is 7.11 Å². The lowest BCUT2D eigenvalue weighted by molar-refractivity contribution is 0.101. The van der Waals surface area contributed by atoms with Gasteiger partial charge in [-0.3, -0.25) is 4.79 Å². The zero-order valence-electron chi connectivity index (χ0n) is 15.4. The number of fused-ring (bicyclic) bond motifs is 1. The van der Waals surface area contributed by atoms with Crippen LogP contribution in [0.3, 0.4) is 0 Å². The van der Waals surface area contributed by atoms with Gasteiger partial charge >= 0.3 is 10.1 Å². The van der Waals surface area contributed by atoms with Gasteiger partial charge in [0, 0.05) is 6.07 Å². The number of Topliss-reactive ketones (excluding diaryl/α,β-unsaturated/α-hetero) is 1. The van der Waals surface area contributed by atoms with Crippen molar-refractivity contribution in [3.05, 3.63) is 89.7 Å². The molecule has 6 nitrogen and oxygen atoms in total. The lowest BCUT2D eigenvalue weighted by Crippen LogP contribution is -2.09. The van der Waals surface area contributed by atoms with E-state index in [0.29, 0.717) is 11.3 Å². The predicted octanol–water partition coefficient (Wildman–Crippen LogP) is 4.08. The summed E-state index contributed by atoms with van der Waals surface area (Å²) in [5.74, 6) is 0.800. The van der Waals surface area contributed by atoms with Gasteiger partial charge in [-0.05, 0) is 48.0 Å². The topological polar surface area (TPSA) is 78.9 Å². The number of carbonyl (C=O) groups is 1. The monoisotopic (exact) mass is 408 g/mol. The third kappa shape index (κ3) is 3.86. The summed E-state index contributed by atoms with van der Waals surface area (Å²) in [7, 11) is -2.42. The van der Waals surface area contributed by atoms with E-state index in [4.69, 9.17) is 13.7 Å². The quantitative estimate of drug-likeness (QED) is 0.468. The van der Waals surface area contributed by atoms with Crippen molar-refractivity contribution in [3.8, 4) is 17.2 Å². The van der Waals surface area contributed by atoms with Gasteiger partial charge in [0.25, 0.3) is 0 Å². The first-order chi connectivity index (χ1) is 14.0. The summed E-state index contributed by atoms with van der Waals surface area (Å²) >= 11 is 0. The molecule has 1 heterocycles. The standard InChI is InChI=1S/C22H16O6S/c1-26-16-7-5-6-15(12-16)13-21-22(23)19-11-10-17(14-20(19)27-21)28-29(24,25)18-8-3-2-4-9-18/h2-14H,1H3. The largest absolute Gasteiger partial charge is 0.497 e. The number of hydrogen-bond donors (Lipinski definition) is 0. The van der Waals surface area contributed by atoms with E-state index in [1.165, 1.54) is 30.3 Å². The molecule has 0 amide bonds. The number of methoxy groups -OCH3 is 1. The summed E-state index contributed by atoms with van der Waals surface area (Å²) in [6.45, 7) is 0. The van der Waals surface area contributed by atoms with Gasteiger partial charge in [0.05, 0.1) is 12.7 Å². The Morgan fingerprint density at radius 3 is 2.45 bits per heavy atom. The lowest BCUT2D eigenvalue weighted by Gasteiger charge is -2.07. The third-order valence-electron chi connectivity index (χ3n) is 4.27. The summed E-state index contributed by atoms with van der Waals surface area (Å²) in [5, 5.41) is 0. The molecule has 7 heteroatoms. The molecule has 0 spiro atoms. The number of allylic oxidation sites excluding steroid dienone is 1. The molecule has 0 saturated carbocycles. The minimum atomic E-state index is -3.98. The maximum atomic E-state index is 12.6. The molecule has 0 N–H and O–H groups in total. The van der Waals surface area contributed by atoms with Crippen LogP contribution in [0.4, 0.5) is 0 Å². The highest BCUT2D eigenvalue weighted by atomic mass is 32.2. The Labute approximate surface area is 168 Å². The minimum Gasteiger partial charge on any atom is -0.497 e. The van der Waals surface area contributed by atoms with Gasteiger partial charge in [0.1, 0.15) is 22.1 Å². The van der Waals surface area contributed by atoms with Crippen LogP contribution < -0.4 is 13.7 Å². The fraction of sp³-hybridized carbons (Fsp3) is 0.0455. The zero-order chi connectivity index (χ0) is 20.4. The van der Waals surface area contributed by atoms with Crippen LogP contribution in [-0.4, -0.2) is 21.3 Å². The summed E-state index contributed by atoms with van der Waals surface area (Å²) in [6.07, 6.45) is 1.60. The van der Waals surface area contributed by atoms with Crippen molar-refractivity contribution in [2.24, 2.45) is 0 Å². The van der Waals surface area contributed by atoms with E-state index in [1.807, 2.05) is 6.07 Å². The van der Waals surface area contributed by atoms with Crippen molar-refractivity contribution < 1.29 is 26.9 Å². The molecule has 1 aliphatic rings. The molecule has 0 aromatic heterocycles. The number of rotatable bonds is 5. The first-order valence-corrected chi connectivity index (χ1v) is 10.1. The summed E-state index contributed by atoms with van der Waals surface area (Å²) in [4.78, 5) is 12.6. The molecule has 1 aliphatic heterocycles. The van der Waals surface area contributed by atoms with Crippen LogP contribution in [0.25, 0.3) is 6.08 Å². The summed E-state index contributed by atoms with van der Waals surface area (Å²) < 4.78 is 40.8. The van der Waals surface area contributed by atoms with Crippen LogP contribution >= 0.6 is 0 Å². The van der Waals surface area contributed by atoms with Crippen molar-refractivity contribution in [1.82, 2.24) is 0 Å². The van der Waals surface area contributed by atoms with Crippen LogP contribution in [0, 0.1) is 0 Å². The average molecular weight is 408 g/mol. The summed E-state index contributed by atoms with van der Waals surface area (Å²) in [6, 6.07) is 19.3. The second-order valence-electron chi connectivity index (χ2n) is 6.22. The van der Waals surface area contributed by atoms with Crippen molar-refractivity contribution in [2.45, 2.75) is 4.90 Å². The third-order valence-corrected chi connectivity index (χ3v) is 5.53. The van der Waals surface area contributed by atoms with Gasteiger partial charge in [0.2, 0.25) is 5.78 Å². The Morgan fingerprint density at radius 1 is 0.897 bits per heavy atom. The van der Waals surface area contributed by atoms with E-state index in [0.717, 1.165) is 5.56 Å². The first kappa shape index (κ1) is 18.8. The normalized spacial score (nSPS) is 14.4. The van der Waals surface area contributed by atoms with Crippen molar-refractivity contribution in [3.63, 3.8) is 0 Å². The van der Waals surface area contributed by atoms with Crippen LogP contribution in [-0.2, 0) is 10.1 Å². The van der Waals surface area contributed by atoms with Crippen LogP contribution in [0.5, 0.6) is 17.2 Å². The first-order valence-electron chi connectivity index (χ1n) is 8.68. The molecule has 0 saturated heterocycles. The molecule has 3 aromatic rings. The second kappa shape index (κ2) is 7.44. The molecule has 0 unspecified atom stereocenters. The van der Waals surface area contributed by atoms with E-state index in [-0.39, 0.29) is 27.9 Å². The minimum absolute atomic E-state index is 0.0381. The van der Waals surface area contributed by atoms with E-state index in [2.05, 4.69) is 0 Å². The van der Waals surface area contributed by atoms with Gasteiger partial charge < -0.3 is 13.7 Å². The second-order valence-corrected chi connectivity index (χ2v) is 7.77. The lowest BCUT2D eigenvalue weighted by atomic mass is 10.1. The average Bonchev–Trinajstić information content (AvgIpc) is 3.03. The zero-order valence-corrected chi connectivity index (χ0v) is 16.2. The maximum absolute atomic E-state index is 12.6. The molecule has 29 heavy (non-hydrogen) atoms. The smallest absolute Gasteiger partial charge is 0.339 e. The number of benzene rings is 3. The highest BCUT2D eigenvalue weighted by Gasteiger charge is 2.28. The Morgan fingerprint density at radius 2 is 1.69 bits per heavy atom. The molecular formula is C22H16O6S. The van der Waals surface area contributed by atoms with Crippen LogP contribution in [0.1, 0.15) is 15.9 Å². The van der Waals surface area contributed by atoms with E-state index in [1.54, 1.807) is 49.6 Å². The van der Waals surface area contributed by atoms with Gasteiger partial charge in [0.15, 0.2) is 5.76 Å². The molecule has 0 aliphatic carbocycles. The number of ketones is 1. The van der Waals surface area contributed by atoms with Crippen LogP contribution in [0.2, 0.25) is 0 Å². The molecular weight excluding hydrogens is 392 g/mol. The van der Waals surface area contributed by atoms with Crippen molar-refractivity contribution >= 4 is 22.0 Å². The van der Waals surface area contributed by atoms with Gasteiger partial charge in [-0.1, -0.05) is 30.3 Å².